The molecule has 1 aliphatic heterocycles. The molecule has 0 saturated carbocycles. The summed E-state index contributed by atoms with van der Waals surface area (Å²) < 4.78 is 27.2. The van der Waals surface area contributed by atoms with Gasteiger partial charge in [-0.2, -0.15) is 0 Å². The molecule has 0 spiro atoms. The van der Waals surface area contributed by atoms with E-state index in [2.05, 4.69) is 13.2 Å². The third-order valence-electron chi connectivity index (χ3n) is 4.59. The first-order valence-corrected chi connectivity index (χ1v) is 10.4. The lowest BCUT2D eigenvalue weighted by atomic mass is 9.98. The van der Waals surface area contributed by atoms with Crippen molar-refractivity contribution in [1.82, 2.24) is 0 Å². The number of allylic oxidation sites excluding steroid dienone is 2. The monoisotopic (exact) mass is 456 g/mol. The standard InChI is InChI=1S/C22H32O10/c1-5-7-9-16(25)30-19-15(13-23)29-22(28-4)21(32-18(27)12-11-14(3)24)20(19)31-17(26)10-8-6-2/h5-6,15,19-23H,1-2,7-13H2,3-4H3/t15-,19-,20+,21-,22+/m1/s1. The number of carbonyl (C=O) groups is 4. The number of methoxy groups -OCH3 is 1. The minimum Gasteiger partial charge on any atom is -0.455 e. The van der Waals surface area contributed by atoms with Crippen LogP contribution >= 0.6 is 0 Å². The SMILES string of the molecule is C=CCCC(=O)O[C@@H]1[C@@H](OC(=O)CCC(C)=O)[C@@H](OC)O[C@H](CO)[C@H]1OC(=O)CCC=C. The van der Waals surface area contributed by atoms with Gasteiger partial charge in [0.15, 0.2) is 24.6 Å². The topological polar surface area (TPSA) is 135 Å². The number of aliphatic hydroxyl groups excluding tert-OH is 1. The molecule has 0 unspecified atom stereocenters. The van der Waals surface area contributed by atoms with Gasteiger partial charge >= 0.3 is 17.9 Å². The van der Waals surface area contributed by atoms with Gasteiger partial charge in [0.1, 0.15) is 11.9 Å². The van der Waals surface area contributed by atoms with Crippen molar-refractivity contribution < 1.29 is 48.0 Å². The number of rotatable bonds is 14. The van der Waals surface area contributed by atoms with E-state index in [4.69, 9.17) is 23.7 Å². The molecule has 1 N–H and O–H groups in total. The van der Waals surface area contributed by atoms with Gasteiger partial charge in [-0.1, -0.05) is 12.2 Å². The van der Waals surface area contributed by atoms with E-state index in [1.54, 1.807) is 0 Å². The summed E-state index contributed by atoms with van der Waals surface area (Å²) in [6.45, 7) is 7.85. The highest BCUT2D eigenvalue weighted by Gasteiger charge is 2.52. The van der Waals surface area contributed by atoms with Gasteiger partial charge < -0.3 is 33.6 Å². The summed E-state index contributed by atoms with van der Waals surface area (Å²) in [7, 11) is 1.28. The summed E-state index contributed by atoms with van der Waals surface area (Å²) in [6, 6.07) is 0. The van der Waals surface area contributed by atoms with E-state index in [1.807, 2.05) is 0 Å². The second-order valence-electron chi connectivity index (χ2n) is 7.18. The predicted octanol–water partition coefficient (Wildman–Crippen LogP) is 1.39. The van der Waals surface area contributed by atoms with Crippen molar-refractivity contribution in [2.45, 2.75) is 76.2 Å². The highest BCUT2D eigenvalue weighted by molar-refractivity contribution is 5.81. The molecule has 0 radical (unpaired) electrons. The molecule has 5 atom stereocenters. The van der Waals surface area contributed by atoms with Crippen molar-refractivity contribution in [3.63, 3.8) is 0 Å². The fraction of sp³-hybridized carbons (Fsp3) is 0.636. The van der Waals surface area contributed by atoms with E-state index in [9.17, 15) is 24.3 Å². The lowest BCUT2D eigenvalue weighted by Gasteiger charge is -2.43. The maximum Gasteiger partial charge on any atom is 0.306 e. The number of ether oxygens (including phenoxy) is 5. The van der Waals surface area contributed by atoms with Crippen LogP contribution < -0.4 is 0 Å². The van der Waals surface area contributed by atoms with Crippen LogP contribution in [0.5, 0.6) is 0 Å². The summed E-state index contributed by atoms with van der Waals surface area (Å²) in [5.74, 6) is -2.24. The molecule has 0 aliphatic carbocycles. The minimum absolute atomic E-state index is 0.00600. The molecular formula is C22H32O10. The lowest BCUT2D eigenvalue weighted by Crippen LogP contribution is -2.62. The van der Waals surface area contributed by atoms with Crippen LogP contribution in [0.25, 0.3) is 0 Å². The molecule has 10 nitrogen and oxygen atoms in total. The van der Waals surface area contributed by atoms with Gasteiger partial charge in [0.2, 0.25) is 0 Å². The first-order chi connectivity index (χ1) is 15.3. The third kappa shape index (κ3) is 8.89. The molecule has 1 aliphatic rings. The Labute approximate surface area is 187 Å². The number of hydrogen-bond donors (Lipinski definition) is 1. The summed E-state index contributed by atoms with van der Waals surface area (Å²) in [4.78, 5) is 48.1. The summed E-state index contributed by atoms with van der Waals surface area (Å²) in [6.07, 6.45) is -2.66. The first kappa shape index (κ1) is 27.5. The van der Waals surface area contributed by atoms with Crippen molar-refractivity contribution >= 4 is 23.7 Å². The van der Waals surface area contributed by atoms with Crippen molar-refractivity contribution in [2.75, 3.05) is 13.7 Å². The minimum atomic E-state index is -1.31. The lowest BCUT2D eigenvalue weighted by molar-refractivity contribution is -0.302. The number of hydrogen-bond acceptors (Lipinski definition) is 10. The Bertz CT molecular complexity index is 674. The molecular weight excluding hydrogens is 424 g/mol. The van der Waals surface area contributed by atoms with Crippen LogP contribution in [0, 0.1) is 0 Å². The Morgan fingerprint density at radius 3 is 1.81 bits per heavy atom. The van der Waals surface area contributed by atoms with E-state index in [0.29, 0.717) is 12.8 Å². The second-order valence-corrected chi connectivity index (χ2v) is 7.18. The van der Waals surface area contributed by atoms with E-state index in [-0.39, 0.29) is 31.5 Å². The van der Waals surface area contributed by atoms with E-state index in [0.717, 1.165) is 0 Å². The number of Topliss-reactive ketones (excluding diaryl/α,β-unsaturated/α-hetero) is 1. The zero-order chi connectivity index (χ0) is 24.1. The molecule has 0 amide bonds. The van der Waals surface area contributed by atoms with Gasteiger partial charge in [0, 0.05) is 26.4 Å². The smallest absolute Gasteiger partial charge is 0.306 e. The highest BCUT2D eigenvalue weighted by atomic mass is 16.7. The summed E-state index contributed by atoms with van der Waals surface area (Å²) in [5.41, 5.74) is 0. The van der Waals surface area contributed by atoms with Crippen LogP contribution in [0.2, 0.25) is 0 Å². The molecule has 180 valence electrons. The normalized spacial score (nSPS) is 24.8. The largest absolute Gasteiger partial charge is 0.455 e. The van der Waals surface area contributed by atoms with Gasteiger partial charge in [-0.15, -0.1) is 13.2 Å². The maximum absolute atomic E-state index is 12.4. The fourth-order valence-electron chi connectivity index (χ4n) is 2.97. The average molecular weight is 456 g/mol. The number of esters is 3. The van der Waals surface area contributed by atoms with Gasteiger partial charge in [-0.05, 0) is 19.8 Å². The Morgan fingerprint density at radius 2 is 1.34 bits per heavy atom. The number of ketones is 1. The molecule has 0 bridgehead atoms. The zero-order valence-corrected chi connectivity index (χ0v) is 18.5. The van der Waals surface area contributed by atoms with E-state index in [1.165, 1.54) is 26.2 Å². The summed E-state index contributed by atoms with van der Waals surface area (Å²) in [5, 5.41) is 9.78. The van der Waals surface area contributed by atoms with Crippen molar-refractivity contribution in [3.8, 4) is 0 Å². The average Bonchev–Trinajstić information content (AvgIpc) is 2.76. The maximum atomic E-state index is 12.4. The Hall–Kier alpha value is -2.56. The Balaban J connectivity index is 3.18. The molecule has 1 fully saturated rings. The molecule has 0 aromatic rings. The molecule has 32 heavy (non-hydrogen) atoms. The van der Waals surface area contributed by atoms with E-state index < -0.39 is 55.2 Å². The van der Waals surface area contributed by atoms with Crippen molar-refractivity contribution in [2.24, 2.45) is 0 Å². The molecule has 1 rings (SSSR count). The molecule has 10 heteroatoms. The number of aliphatic hydroxyl groups is 1. The summed E-state index contributed by atoms with van der Waals surface area (Å²) >= 11 is 0. The second kappa shape index (κ2) is 14.5. The first-order valence-electron chi connectivity index (χ1n) is 10.4. The predicted molar refractivity (Wildman–Crippen MR) is 111 cm³/mol. The number of carbonyl (C=O) groups excluding carboxylic acids is 4. The van der Waals surface area contributed by atoms with Gasteiger partial charge in [0.25, 0.3) is 0 Å². The van der Waals surface area contributed by atoms with Crippen LogP contribution in [0.4, 0.5) is 0 Å². The fourth-order valence-corrected chi connectivity index (χ4v) is 2.97. The molecule has 0 aromatic heterocycles. The van der Waals surface area contributed by atoms with Crippen LogP contribution in [0.1, 0.15) is 45.4 Å². The van der Waals surface area contributed by atoms with Gasteiger partial charge in [0.05, 0.1) is 13.0 Å². The van der Waals surface area contributed by atoms with E-state index >= 15 is 0 Å². The molecule has 0 aromatic carbocycles. The Kier molecular flexibility index (Phi) is 12.4. The van der Waals surface area contributed by atoms with Crippen molar-refractivity contribution in [3.05, 3.63) is 25.3 Å². The van der Waals surface area contributed by atoms with Gasteiger partial charge in [-0.3, -0.25) is 14.4 Å². The zero-order valence-electron chi connectivity index (χ0n) is 18.5. The van der Waals surface area contributed by atoms with Crippen LogP contribution in [-0.4, -0.2) is 73.2 Å². The van der Waals surface area contributed by atoms with Crippen LogP contribution in [0.3, 0.4) is 0 Å². The van der Waals surface area contributed by atoms with Crippen LogP contribution in [-0.2, 0) is 42.9 Å². The highest BCUT2D eigenvalue weighted by Crippen LogP contribution is 2.30. The molecule has 1 heterocycles. The quantitative estimate of drug-likeness (QED) is 0.232. The Morgan fingerprint density at radius 1 is 0.844 bits per heavy atom. The van der Waals surface area contributed by atoms with Gasteiger partial charge in [-0.25, -0.2) is 0 Å². The van der Waals surface area contributed by atoms with Crippen LogP contribution in [0.15, 0.2) is 25.3 Å². The molecule has 1 saturated heterocycles. The third-order valence-corrected chi connectivity index (χ3v) is 4.59. The van der Waals surface area contributed by atoms with Crippen molar-refractivity contribution in [1.29, 1.82) is 0 Å².